The number of amides is 1. The third-order valence-corrected chi connectivity index (χ3v) is 3.94. The van der Waals surface area contributed by atoms with Crippen LogP contribution in [0.25, 0.3) is 0 Å². The van der Waals surface area contributed by atoms with Crippen molar-refractivity contribution in [1.29, 1.82) is 0 Å². The van der Waals surface area contributed by atoms with Crippen molar-refractivity contribution >= 4 is 40.5 Å². The first-order valence-corrected chi connectivity index (χ1v) is 8.08. The molecule has 0 unspecified atom stereocenters. The summed E-state index contributed by atoms with van der Waals surface area (Å²) in [5, 5.41) is 16.4. The molecule has 0 radical (unpaired) electrons. The molecule has 0 spiro atoms. The first-order valence-electron chi connectivity index (χ1n) is 7.32. The maximum absolute atomic E-state index is 13.3. The number of benzene rings is 2. The van der Waals surface area contributed by atoms with E-state index in [0.29, 0.717) is 12.1 Å². The second kappa shape index (κ2) is 8.29. The minimum atomic E-state index is -1.19. The Morgan fingerprint density at radius 1 is 1.23 bits per heavy atom. The van der Waals surface area contributed by atoms with Gasteiger partial charge in [-0.05, 0) is 31.2 Å². The van der Waals surface area contributed by atoms with Crippen LogP contribution in [0.3, 0.4) is 0 Å². The number of halogens is 4. The number of carbonyl (C=O) groups is 1. The maximum atomic E-state index is 13.3. The fourth-order valence-corrected chi connectivity index (χ4v) is 2.52. The van der Waals surface area contributed by atoms with Crippen LogP contribution >= 0.6 is 23.2 Å². The molecule has 2 aromatic rings. The van der Waals surface area contributed by atoms with Crippen LogP contribution in [0.4, 0.5) is 20.2 Å². The molecule has 0 aromatic heterocycles. The van der Waals surface area contributed by atoms with Crippen LogP contribution in [0.15, 0.2) is 30.3 Å². The molecule has 138 valence electrons. The zero-order valence-corrected chi connectivity index (χ0v) is 14.9. The predicted octanol–water partition coefficient (Wildman–Crippen LogP) is 4.41. The lowest BCUT2D eigenvalue weighted by molar-refractivity contribution is -0.383. The highest BCUT2D eigenvalue weighted by Crippen LogP contribution is 2.27. The molecule has 0 aliphatic carbocycles. The summed E-state index contributed by atoms with van der Waals surface area (Å²) in [6.07, 6.45) is 0. The molecule has 10 heteroatoms. The van der Waals surface area contributed by atoms with Gasteiger partial charge in [0.25, 0.3) is 11.6 Å². The first-order chi connectivity index (χ1) is 12.2. The van der Waals surface area contributed by atoms with Crippen LogP contribution in [0.1, 0.15) is 17.3 Å². The van der Waals surface area contributed by atoms with Crippen molar-refractivity contribution in [3.05, 3.63) is 67.7 Å². The van der Waals surface area contributed by atoms with Gasteiger partial charge in [0.2, 0.25) is 0 Å². The van der Waals surface area contributed by atoms with Crippen molar-refractivity contribution in [2.75, 3.05) is 11.9 Å². The Morgan fingerprint density at radius 3 is 2.54 bits per heavy atom. The van der Waals surface area contributed by atoms with Gasteiger partial charge in [-0.1, -0.05) is 23.2 Å². The van der Waals surface area contributed by atoms with Gasteiger partial charge in [-0.15, -0.1) is 0 Å². The van der Waals surface area contributed by atoms with Crippen LogP contribution in [0.5, 0.6) is 0 Å². The molecule has 1 atom stereocenters. The number of nitro benzene ring substituents is 1. The quantitative estimate of drug-likeness (QED) is 0.425. The third kappa shape index (κ3) is 4.80. The van der Waals surface area contributed by atoms with Gasteiger partial charge in [-0.25, -0.2) is 8.78 Å². The molecule has 0 fully saturated rings. The molecule has 0 saturated heterocycles. The normalized spacial score (nSPS) is 11.7. The molecule has 2 aromatic carbocycles. The van der Waals surface area contributed by atoms with Gasteiger partial charge in [0.05, 0.1) is 15.5 Å². The van der Waals surface area contributed by atoms with Gasteiger partial charge in [0, 0.05) is 23.7 Å². The molecule has 0 bridgehead atoms. The van der Waals surface area contributed by atoms with Crippen LogP contribution in [0, 0.1) is 21.7 Å². The number of hydrogen-bond donors (Lipinski definition) is 2. The minimum absolute atomic E-state index is 0.134. The number of nitro groups is 1. The highest BCUT2D eigenvalue weighted by molar-refractivity contribution is 6.33. The average Bonchev–Trinajstić information content (AvgIpc) is 2.56. The molecule has 0 heterocycles. The summed E-state index contributed by atoms with van der Waals surface area (Å²) >= 11 is 11.5. The largest absolute Gasteiger partial charge is 0.377 e. The van der Waals surface area contributed by atoms with Crippen molar-refractivity contribution in [3.8, 4) is 0 Å². The third-order valence-electron chi connectivity index (χ3n) is 3.39. The molecular weight excluding hydrogens is 391 g/mol. The van der Waals surface area contributed by atoms with Crippen LogP contribution in [-0.2, 0) is 0 Å². The molecule has 0 saturated carbocycles. The number of rotatable bonds is 6. The standard InChI is InChI=1S/C16H13Cl2F2N3O3/c1-8(7-21-14-3-2-9(17)4-15(14)23(25)26)22-16(24)10-5-12(19)13(20)6-11(10)18/h2-6,8,21H,7H2,1H3,(H,22,24)/t8-/m0/s1. The molecule has 0 aliphatic rings. The SMILES string of the molecule is C[C@@H](CNc1ccc(Cl)cc1[N+](=O)[O-])NC(=O)c1cc(F)c(F)cc1Cl. The summed E-state index contributed by atoms with van der Waals surface area (Å²) in [5.74, 6) is -3.05. The van der Waals surface area contributed by atoms with Gasteiger partial charge >= 0.3 is 0 Å². The van der Waals surface area contributed by atoms with Crippen molar-refractivity contribution < 1.29 is 18.5 Å². The highest BCUT2D eigenvalue weighted by atomic mass is 35.5. The smallest absolute Gasteiger partial charge is 0.293 e. The summed E-state index contributed by atoms with van der Waals surface area (Å²) in [7, 11) is 0. The number of carbonyl (C=O) groups excluding carboxylic acids is 1. The lowest BCUT2D eigenvalue weighted by atomic mass is 10.2. The van der Waals surface area contributed by atoms with Gasteiger partial charge in [0.1, 0.15) is 5.69 Å². The van der Waals surface area contributed by atoms with Crippen molar-refractivity contribution in [3.63, 3.8) is 0 Å². The topological polar surface area (TPSA) is 84.3 Å². The Balaban J connectivity index is 2.04. The second-order valence-electron chi connectivity index (χ2n) is 5.42. The summed E-state index contributed by atoms with van der Waals surface area (Å²) in [6, 6.07) is 5.06. The van der Waals surface area contributed by atoms with Crippen LogP contribution < -0.4 is 10.6 Å². The lowest BCUT2D eigenvalue weighted by Gasteiger charge is -2.16. The van der Waals surface area contributed by atoms with Gasteiger partial charge < -0.3 is 10.6 Å². The zero-order valence-electron chi connectivity index (χ0n) is 13.4. The van der Waals surface area contributed by atoms with Gasteiger partial charge in [-0.2, -0.15) is 0 Å². The molecule has 0 aliphatic heterocycles. The zero-order chi connectivity index (χ0) is 19.4. The maximum Gasteiger partial charge on any atom is 0.293 e. The van der Waals surface area contributed by atoms with E-state index in [1.54, 1.807) is 6.92 Å². The van der Waals surface area contributed by atoms with E-state index in [0.717, 1.165) is 0 Å². The summed E-state index contributed by atoms with van der Waals surface area (Å²) < 4.78 is 26.3. The summed E-state index contributed by atoms with van der Waals surface area (Å²) in [6.45, 7) is 1.76. The number of hydrogen-bond acceptors (Lipinski definition) is 4. The van der Waals surface area contributed by atoms with E-state index in [1.807, 2.05) is 0 Å². The molecule has 26 heavy (non-hydrogen) atoms. The number of anilines is 1. The fourth-order valence-electron chi connectivity index (χ4n) is 2.12. The van der Waals surface area contributed by atoms with Crippen molar-refractivity contribution in [2.45, 2.75) is 13.0 Å². The van der Waals surface area contributed by atoms with Gasteiger partial charge in [0.15, 0.2) is 11.6 Å². The van der Waals surface area contributed by atoms with Crippen molar-refractivity contribution in [2.24, 2.45) is 0 Å². The van der Waals surface area contributed by atoms with Crippen LogP contribution in [0.2, 0.25) is 10.0 Å². The summed E-state index contributed by atoms with van der Waals surface area (Å²) in [4.78, 5) is 22.6. The van der Waals surface area contributed by atoms with E-state index in [-0.39, 0.29) is 33.5 Å². The molecule has 2 N–H and O–H groups in total. The lowest BCUT2D eigenvalue weighted by Crippen LogP contribution is -2.37. The minimum Gasteiger partial charge on any atom is -0.377 e. The number of nitrogens with one attached hydrogen (secondary N) is 2. The van der Waals surface area contributed by atoms with E-state index in [1.165, 1.54) is 18.2 Å². The Labute approximate surface area is 157 Å². The highest BCUT2D eigenvalue weighted by Gasteiger charge is 2.18. The fraction of sp³-hybridized carbons (Fsp3) is 0.188. The Bertz CT molecular complexity index is 865. The first kappa shape index (κ1) is 19.9. The molecule has 1 amide bonds. The summed E-state index contributed by atoms with van der Waals surface area (Å²) in [5.41, 5.74) is -0.194. The van der Waals surface area contributed by atoms with Crippen LogP contribution in [-0.4, -0.2) is 23.4 Å². The van der Waals surface area contributed by atoms with Gasteiger partial charge in [-0.3, -0.25) is 14.9 Å². The average molecular weight is 404 g/mol. The second-order valence-corrected chi connectivity index (χ2v) is 6.26. The molecular formula is C16H13Cl2F2N3O3. The molecule has 2 rings (SSSR count). The Kier molecular flexibility index (Phi) is 6.33. The van der Waals surface area contributed by atoms with E-state index in [9.17, 15) is 23.7 Å². The number of nitrogens with zero attached hydrogens (tertiary/aromatic N) is 1. The van der Waals surface area contributed by atoms with E-state index in [4.69, 9.17) is 23.2 Å². The molecule has 6 nitrogen and oxygen atoms in total. The monoisotopic (exact) mass is 403 g/mol. The van der Waals surface area contributed by atoms with E-state index in [2.05, 4.69) is 10.6 Å². The Hall–Kier alpha value is -2.45. The van der Waals surface area contributed by atoms with E-state index < -0.39 is 28.5 Å². The van der Waals surface area contributed by atoms with Crippen molar-refractivity contribution in [1.82, 2.24) is 5.32 Å². The predicted molar refractivity (Wildman–Crippen MR) is 94.9 cm³/mol. The van der Waals surface area contributed by atoms with E-state index >= 15 is 0 Å². The Morgan fingerprint density at radius 2 is 1.88 bits per heavy atom.